The first-order valence-corrected chi connectivity index (χ1v) is 5.85. The standard InChI is InChI=1S/C13H17NO3/c1-2-16-11-6-9-5-10(14)7-12(9)13(8-11)17-4-3-15/h3,6,8,10H,2,4-5,7,14H2,1H3. The van der Waals surface area contributed by atoms with Gasteiger partial charge in [0, 0.05) is 12.1 Å². The average Bonchev–Trinajstić information content (AvgIpc) is 2.67. The Bertz CT molecular complexity index is 417. The van der Waals surface area contributed by atoms with Gasteiger partial charge in [-0.2, -0.15) is 0 Å². The van der Waals surface area contributed by atoms with Gasteiger partial charge in [0.25, 0.3) is 0 Å². The molecule has 1 aliphatic rings. The van der Waals surface area contributed by atoms with E-state index in [0.29, 0.717) is 6.61 Å². The third-order valence-electron chi connectivity index (χ3n) is 2.84. The lowest BCUT2D eigenvalue weighted by molar-refractivity contribution is -0.109. The van der Waals surface area contributed by atoms with Gasteiger partial charge in [-0.05, 0) is 37.0 Å². The van der Waals surface area contributed by atoms with E-state index in [1.54, 1.807) is 0 Å². The van der Waals surface area contributed by atoms with Crippen LogP contribution >= 0.6 is 0 Å². The molecule has 0 fully saturated rings. The minimum absolute atomic E-state index is 0.0667. The number of carbonyl (C=O) groups is 1. The lowest BCUT2D eigenvalue weighted by Crippen LogP contribution is -2.19. The summed E-state index contributed by atoms with van der Waals surface area (Å²) in [5.74, 6) is 1.51. The van der Waals surface area contributed by atoms with E-state index in [0.717, 1.165) is 36.2 Å². The molecule has 4 heteroatoms. The number of carbonyl (C=O) groups excluding carboxylic acids is 1. The second-order valence-corrected chi connectivity index (χ2v) is 4.14. The minimum Gasteiger partial charge on any atom is -0.494 e. The fraction of sp³-hybridized carbons (Fsp3) is 0.462. The van der Waals surface area contributed by atoms with Crippen molar-refractivity contribution in [3.8, 4) is 11.5 Å². The normalized spacial score (nSPS) is 17.6. The highest BCUT2D eigenvalue weighted by Crippen LogP contribution is 2.34. The zero-order valence-corrected chi connectivity index (χ0v) is 9.94. The Morgan fingerprint density at radius 2 is 2.24 bits per heavy atom. The van der Waals surface area contributed by atoms with E-state index >= 15 is 0 Å². The second kappa shape index (κ2) is 5.19. The summed E-state index contributed by atoms with van der Waals surface area (Å²) in [4.78, 5) is 10.4. The molecule has 1 aromatic rings. The van der Waals surface area contributed by atoms with E-state index in [9.17, 15) is 4.79 Å². The van der Waals surface area contributed by atoms with Gasteiger partial charge in [0.15, 0.2) is 6.29 Å². The Morgan fingerprint density at radius 1 is 1.41 bits per heavy atom. The largest absolute Gasteiger partial charge is 0.494 e. The summed E-state index contributed by atoms with van der Waals surface area (Å²) in [7, 11) is 0. The maximum absolute atomic E-state index is 10.4. The first kappa shape index (κ1) is 11.9. The van der Waals surface area contributed by atoms with Crippen LogP contribution in [0.25, 0.3) is 0 Å². The Labute approximate surface area is 101 Å². The monoisotopic (exact) mass is 235 g/mol. The van der Waals surface area contributed by atoms with Gasteiger partial charge < -0.3 is 15.2 Å². The zero-order valence-electron chi connectivity index (χ0n) is 9.94. The number of hydrogen-bond acceptors (Lipinski definition) is 4. The van der Waals surface area contributed by atoms with Gasteiger partial charge >= 0.3 is 0 Å². The predicted molar refractivity (Wildman–Crippen MR) is 64.6 cm³/mol. The highest BCUT2D eigenvalue weighted by molar-refractivity contribution is 5.54. The van der Waals surface area contributed by atoms with E-state index in [1.807, 2.05) is 19.1 Å². The van der Waals surface area contributed by atoms with Crippen LogP contribution in [0.4, 0.5) is 0 Å². The molecule has 17 heavy (non-hydrogen) atoms. The summed E-state index contributed by atoms with van der Waals surface area (Å²) >= 11 is 0. The van der Waals surface area contributed by atoms with Gasteiger partial charge in [-0.1, -0.05) is 0 Å². The highest BCUT2D eigenvalue weighted by atomic mass is 16.5. The molecule has 0 bridgehead atoms. The van der Waals surface area contributed by atoms with Crippen LogP contribution < -0.4 is 15.2 Å². The van der Waals surface area contributed by atoms with Gasteiger partial charge in [0.1, 0.15) is 18.1 Å². The molecule has 0 aliphatic heterocycles. The van der Waals surface area contributed by atoms with Crippen molar-refractivity contribution in [1.82, 2.24) is 0 Å². The first-order chi connectivity index (χ1) is 8.24. The number of ether oxygens (including phenoxy) is 2. The molecule has 1 unspecified atom stereocenters. The van der Waals surface area contributed by atoms with Crippen molar-refractivity contribution in [2.24, 2.45) is 5.73 Å². The van der Waals surface area contributed by atoms with Gasteiger partial charge in [-0.25, -0.2) is 0 Å². The van der Waals surface area contributed by atoms with Crippen molar-refractivity contribution in [2.75, 3.05) is 13.2 Å². The van der Waals surface area contributed by atoms with Gasteiger partial charge in [-0.15, -0.1) is 0 Å². The van der Waals surface area contributed by atoms with Crippen molar-refractivity contribution < 1.29 is 14.3 Å². The third-order valence-corrected chi connectivity index (χ3v) is 2.84. The van der Waals surface area contributed by atoms with Crippen molar-refractivity contribution >= 4 is 6.29 Å². The second-order valence-electron chi connectivity index (χ2n) is 4.14. The van der Waals surface area contributed by atoms with Crippen molar-refractivity contribution in [3.63, 3.8) is 0 Å². The molecule has 1 atom stereocenters. The lowest BCUT2D eigenvalue weighted by Gasteiger charge is -2.12. The molecular formula is C13H17NO3. The molecule has 1 aromatic carbocycles. The Balaban J connectivity index is 2.31. The summed E-state index contributed by atoms with van der Waals surface area (Å²) in [6.45, 7) is 2.61. The fourth-order valence-corrected chi connectivity index (χ4v) is 2.21. The Kier molecular flexibility index (Phi) is 3.64. The molecule has 0 spiro atoms. The van der Waals surface area contributed by atoms with Crippen LogP contribution in [-0.2, 0) is 17.6 Å². The van der Waals surface area contributed by atoms with Crippen molar-refractivity contribution in [3.05, 3.63) is 23.3 Å². The van der Waals surface area contributed by atoms with Gasteiger partial charge in [0.05, 0.1) is 6.61 Å². The van der Waals surface area contributed by atoms with Crippen molar-refractivity contribution in [2.45, 2.75) is 25.8 Å². The topological polar surface area (TPSA) is 61.5 Å². The maximum Gasteiger partial charge on any atom is 0.157 e. The minimum atomic E-state index is 0.0667. The van der Waals surface area contributed by atoms with Gasteiger partial charge in [-0.3, -0.25) is 4.79 Å². The number of benzene rings is 1. The Morgan fingerprint density at radius 3 is 2.94 bits per heavy atom. The molecule has 92 valence electrons. The quantitative estimate of drug-likeness (QED) is 0.776. The van der Waals surface area contributed by atoms with Gasteiger partial charge in [0.2, 0.25) is 0 Å². The van der Waals surface area contributed by atoms with E-state index < -0.39 is 0 Å². The molecule has 0 radical (unpaired) electrons. The summed E-state index contributed by atoms with van der Waals surface area (Å²) < 4.78 is 10.9. The molecule has 4 nitrogen and oxygen atoms in total. The summed E-state index contributed by atoms with van der Waals surface area (Å²) in [5, 5.41) is 0. The third kappa shape index (κ3) is 2.58. The number of hydrogen-bond donors (Lipinski definition) is 1. The van der Waals surface area contributed by atoms with Crippen LogP contribution in [0.2, 0.25) is 0 Å². The molecule has 2 N–H and O–H groups in total. The molecule has 0 heterocycles. The number of fused-ring (bicyclic) bond motifs is 1. The maximum atomic E-state index is 10.4. The van der Waals surface area contributed by atoms with E-state index in [-0.39, 0.29) is 12.6 Å². The molecule has 0 saturated heterocycles. The SMILES string of the molecule is CCOc1cc2c(c(OCC=O)c1)CC(N)C2. The van der Waals surface area contributed by atoms with Crippen molar-refractivity contribution in [1.29, 1.82) is 0 Å². The number of rotatable bonds is 5. The highest BCUT2D eigenvalue weighted by Gasteiger charge is 2.23. The number of aldehydes is 1. The molecule has 0 saturated carbocycles. The predicted octanol–water partition coefficient (Wildman–Crippen LogP) is 1.09. The molecule has 0 amide bonds. The van der Waals surface area contributed by atoms with Crippen LogP contribution in [0.5, 0.6) is 11.5 Å². The van der Waals surface area contributed by atoms with Crippen LogP contribution in [0.15, 0.2) is 12.1 Å². The van der Waals surface area contributed by atoms with E-state index in [4.69, 9.17) is 15.2 Å². The smallest absolute Gasteiger partial charge is 0.157 e. The average molecular weight is 235 g/mol. The lowest BCUT2D eigenvalue weighted by atomic mass is 10.1. The zero-order chi connectivity index (χ0) is 12.3. The van der Waals surface area contributed by atoms with Crippen LogP contribution in [0.3, 0.4) is 0 Å². The van der Waals surface area contributed by atoms with E-state index in [1.165, 1.54) is 5.56 Å². The molecule has 0 aromatic heterocycles. The number of nitrogens with two attached hydrogens (primary N) is 1. The fourth-order valence-electron chi connectivity index (χ4n) is 2.21. The molecular weight excluding hydrogens is 218 g/mol. The molecule has 2 rings (SSSR count). The van der Waals surface area contributed by atoms with Crippen LogP contribution in [0, 0.1) is 0 Å². The van der Waals surface area contributed by atoms with Crippen LogP contribution in [-0.4, -0.2) is 25.5 Å². The summed E-state index contributed by atoms with van der Waals surface area (Å²) in [5.41, 5.74) is 8.23. The molecule has 1 aliphatic carbocycles. The van der Waals surface area contributed by atoms with E-state index in [2.05, 4.69) is 0 Å². The Hall–Kier alpha value is -1.55. The summed E-state index contributed by atoms with van der Waals surface area (Å²) in [6, 6.07) is 3.99. The van der Waals surface area contributed by atoms with Crippen LogP contribution in [0.1, 0.15) is 18.1 Å². The summed E-state index contributed by atoms with van der Waals surface area (Å²) in [6.07, 6.45) is 2.39. The first-order valence-electron chi connectivity index (χ1n) is 5.85.